The van der Waals surface area contributed by atoms with Gasteiger partial charge in [0.15, 0.2) is 11.5 Å². The monoisotopic (exact) mass is 276 g/mol. The van der Waals surface area contributed by atoms with E-state index in [2.05, 4.69) is 29.8 Å². The van der Waals surface area contributed by atoms with Crippen molar-refractivity contribution in [3.05, 3.63) is 21.1 Å². The third-order valence-corrected chi connectivity index (χ3v) is 3.55. The molecule has 2 rings (SSSR count). The molecule has 0 unspecified atom stereocenters. The molecule has 4 heteroatoms. The van der Waals surface area contributed by atoms with Gasteiger partial charge in [-0.05, 0) is 21.8 Å². The molecular weight excluding hydrogens is 267 g/mol. The largest absolute Gasteiger partial charge is 0.454 e. The second kappa shape index (κ2) is 3.63. The van der Waals surface area contributed by atoms with Crippen LogP contribution in [0.4, 0.5) is 0 Å². The third-order valence-electron chi connectivity index (χ3n) is 2.17. The predicted octanol–water partition coefficient (Wildman–Crippen LogP) is 3.95. The molecular formula is C10H10BrClO2. The van der Waals surface area contributed by atoms with Gasteiger partial charge in [-0.1, -0.05) is 25.4 Å². The van der Waals surface area contributed by atoms with Crippen LogP contribution in [0.2, 0.25) is 5.02 Å². The standard InChI is InChI=1S/C10H10BrClO2/c1-5(2)8-9(11)6(12)3-7-10(8)14-4-13-7/h3,5H,4H2,1-2H3. The molecule has 0 radical (unpaired) electrons. The zero-order valence-electron chi connectivity index (χ0n) is 7.93. The number of benzene rings is 1. The molecule has 2 nitrogen and oxygen atoms in total. The smallest absolute Gasteiger partial charge is 0.231 e. The van der Waals surface area contributed by atoms with E-state index in [0.717, 1.165) is 21.5 Å². The van der Waals surface area contributed by atoms with Crippen molar-refractivity contribution in [2.45, 2.75) is 19.8 Å². The Morgan fingerprint density at radius 2 is 2.14 bits per heavy atom. The predicted molar refractivity (Wildman–Crippen MR) is 59.4 cm³/mol. The van der Waals surface area contributed by atoms with Crippen LogP contribution in [0.5, 0.6) is 11.5 Å². The summed E-state index contributed by atoms with van der Waals surface area (Å²) >= 11 is 9.53. The van der Waals surface area contributed by atoms with Gasteiger partial charge in [0.1, 0.15) is 0 Å². The van der Waals surface area contributed by atoms with Gasteiger partial charge in [-0.25, -0.2) is 0 Å². The van der Waals surface area contributed by atoms with Crippen molar-refractivity contribution in [1.29, 1.82) is 0 Å². The van der Waals surface area contributed by atoms with E-state index < -0.39 is 0 Å². The minimum Gasteiger partial charge on any atom is -0.454 e. The Hall–Kier alpha value is -0.410. The fourth-order valence-electron chi connectivity index (χ4n) is 1.53. The van der Waals surface area contributed by atoms with Crippen molar-refractivity contribution in [3.8, 4) is 11.5 Å². The van der Waals surface area contributed by atoms with Crippen LogP contribution < -0.4 is 9.47 Å². The molecule has 0 bridgehead atoms. The lowest BCUT2D eigenvalue weighted by Crippen LogP contribution is -1.96. The zero-order valence-corrected chi connectivity index (χ0v) is 10.3. The molecule has 1 aliphatic heterocycles. The van der Waals surface area contributed by atoms with Gasteiger partial charge < -0.3 is 9.47 Å². The minimum absolute atomic E-state index is 0.280. The van der Waals surface area contributed by atoms with Crippen LogP contribution in [0.1, 0.15) is 25.3 Å². The van der Waals surface area contributed by atoms with Crippen molar-refractivity contribution >= 4 is 27.5 Å². The topological polar surface area (TPSA) is 18.5 Å². The van der Waals surface area contributed by atoms with Crippen LogP contribution >= 0.6 is 27.5 Å². The zero-order chi connectivity index (χ0) is 10.3. The molecule has 0 N–H and O–H groups in total. The number of halogens is 2. The first kappa shape index (κ1) is 10.1. The maximum Gasteiger partial charge on any atom is 0.231 e. The quantitative estimate of drug-likeness (QED) is 0.774. The van der Waals surface area contributed by atoms with Crippen molar-refractivity contribution in [1.82, 2.24) is 0 Å². The van der Waals surface area contributed by atoms with Gasteiger partial charge in [0, 0.05) is 16.1 Å². The van der Waals surface area contributed by atoms with Gasteiger partial charge >= 0.3 is 0 Å². The van der Waals surface area contributed by atoms with E-state index in [1.54, 1.807) is 6.07 Å². The Balaban J connectivity index is 2.66. The van der Waals surface area contributed by atoms with Crippen molar-refractivity contribution in [3.63, 3.8) is 0 Å². The Kier molecular flexibility index (Phi) is 2.62. The van der Waals surface area contributed by atoms with Gasteiger partial charge in [0.25, 0.3) is 0 Å². The third kappa shape index (κ3) is 1.48. The summed E-state index contributed by atoms with van der Waals surface area (Å²) in [5.41, 5.74) is 1.07. The van der Waals surface area contributed by atoms with Crippen LogP contribution in [0, 0.1) is 0 Å². The maximum atomic E-state index is 6.06. The number of hydrogen-bond acceptors (Lipinski definition) is 2. The molecule has 1 aliphatic rings. The van der Waals surface area contributed by atoms with E-state index in [1.165, 1.54) is 0 Å². The summed E-state index contributed by atoms with van der Waals surface area (Å²) in [6, 6.07) is 1.78. The Morgan fingerprint density at radius 3 is 2.79 bits per heavy atom. The highest BCUT2D eigenvalue weighted by atomic mass is 79.9. The average molecular weight is 278 g/mol. The summed E-state index contributed by atoms with van der Waals surface area (Å²) in [7, 11) is 0. The van der Waals surface area contributed by atoms with Crippen molar-refractivity contribution < 1.29 is 9.47 Å². The number of rotatable bonds is 1. The van der Waals surface area contributed by atoms with Gasteiger partial charge in [-0.3, -0.25) is 0 Å². The van der Waals surface area contributed by atoms with Gasteiger partial charge in [-0.15, -0.1) is 0 Å². The van der Waals surface area contributed by atoms with E-state index in [1.807, 2.05) is 0 Å². The number of ether oxygens (including phenoxy) is 2. The maximum absolute atomic E-state index is 6.06. The summed E-state index contributed by atoms with van der Waals surface area (Å²) in [5, 5.41) is 0.665. The van der Waals surface area contributed by atoms with Crippen molar-refractivity contribution in [2.75, 3.05) is 6.79 Å². The summed E-state index contributed by atoms with van der Waals surface area (Å²) in [4.78, 5) is 0. The first-order chi connectivity index (χ1) is 6.61. The molecule has 0 spiro atoms. The summed E-state index contributed by atoms with van der Waals surface area (Å²) in [6.07, 6.45) is 0. The fourth-order valence-corrected chi connectivity index (χ4v) is 2.48. The van der Waals surface area contributed by atoms with Crippen LogP contribution in [-0.2, 0) is 0 Å². The van der Waals surface area contributed by atoms with Crippen molar-refractivity contribution in [2.24, 2.45) is 0 Å². The van der Waals surface area contributed by atoms with E-state index in [-0.39, 0.29) is 6.79 Å². The SMILES string of the molecule is CC(C)c1c(Br)c(Cl)cc2c1OCO2. The molecule has 0 aromatic heterocycles. The number of hydrogen-bond donors (Lipinski definition) is 0. The van der Waals surface area contributed by atoms with E-state index in [0.29, 0.717) is 10.9 Å². The summed E-state index contributed by atoms with van der Waals surface area (Å²) in [5.74, 6) is 1.90. The average Bonchev–Trinajstić information content (AvgIpc) is 2.52. The second-order valence-corrected chi connectivity index (χ2v) is 4.67. The fraction of sp³-hybridized carbons (Fsp3) is 0.400. The Bertz CT molecular complexity index is 377. The van der Waals surface area contributed by atoms with E-state index in [9.17, 15) is 0 Å². The molecule has 0 saturated heterocycles. The first-order valence-electron chi connectivity index (χ1n) is 4.38. The van der Waals surface area contributed by atoms with E-state index in [4.69, 9.17) is 21.1 Å². The minimum atomic E-state index is 0.280. The molecule has 0 aliphatic carbocycles. The molecule has 14 heavy (non-hydrogen) atoms. The molecule has 1 heterocycles. The lowest BCUT2D eigenvalue weighted by Gasteiger charge is -2.12. The molecule has 1 aromatic rings. The normalized spacial score (nSPS) is 13.8. The number of fused-ring (bicyclic) bond motifs is 1. The molecule has 76 valence electrons. The lowest BCUT2D eigenvalue weighted by molar-refractivity contribution is 0.173. The molecule has 0 amide bonds. The molecule has 0 saturated carbocycles. The Morgan fingerprint density at radius 1 is 1.43 bits per heavy atom. The Labute approximate surface area is 96.3 Å². The van der Waals surface area contributed by atoms with E-state index >= 15 is 0 Å². The highest BCUT2D eigenvalue weighted by Gasteiger charge is 2.24. The summed E-state index contributed by atoms with van der Waals surface area (Å²) < 4.78 is 11.6. The summed E-state index contributed by atoms with van der Waals surface area (Å²) in [6.45, 7) is 4.47. The second-order valence-electron chi connectivity index (χ2n) is 3.47. The highest BCUT2D eigenvalue weighted by Crippen LogP contribution is 2.46. The van der Waals surface area contributed by atoms with Crippen LogP contribution in [0.25, 0.3) is 0 Å². The highest BCUT2D eigenvalue weighted by molar-refractivity contribution is 9.10. The van der Waals surface area contributed by atoms with Gasteiger partial charge in [0.05, 0.1) is 5.02 Å². The van der Waals surface area contributed by atoms with Gasteiger partial charge in [0.2, 0.25) is 6.79 Å². The van der Waals surface area contributed by atoms with Crippen LogP contribution in [0.3, 0.4) is 0 Å². The first-order valence-corrected chi connectivity index (χ1v) is 5.56. The lowest BCUT2D eigenvalue weighted by atomic mass is 10.0. The molecule has 0 atom stereocenters. The molecule has 1 aromatic carbocycles. The molecule has 0 fully saturated rings. The van der Waals surface area contributed by atoms with Gasteiger partial charge in [-0.2, -0.15) is 0 Å². The van der Waals surface area contributed by atoms with Crippen LogP contribution in [-0.4, -0.2) is 6.79 Å². The van der Waals surface area contributed by atoms with Crippen LogP contribution in [0.15, 0.2) is 10.5 Å².